The van der Waals surface area contributed by atoms with Crippen molar-refractivity contribution >= 4 is 35.8 Å². The average Bonchev–Trinajstić information content (AvgIpc) is 2.71. The first kappa shape index (κ1) is 25.9. The number of hydrogen-bond donors (Lipinski definition) is 2. The summed E-state index contributed by atoms with van der Waals surface area (Å²) in [4.78, 5) is 21.3. The Labute approximate surface area is 205 Å². The molecule has 31 heavy (non-hydrogen) atoms. The van der Waals surface area contributed by atoms with Crippen LogP contribution in [0.25, 0.3) is 0 Å². The predicted octanol–water partition coefficient (Wildman–Crippen LogP) is 3.45. The fourth-order valence-corrected chi connectivity index (χ4v) is 4.94. The Morgan fingerprint density at radius 1 is 1.19 bits per heavy atom. The number of halogens is 1. The monoisotopic (exact) mass is 541 g/mol. The summed E-state index contributed by atoms with van der Waals surface area (Å²) in [6.07, 6.45) is 3.25. The second-order valence-electron chi connectivity index (χ2n) is 9.32. The highest BCUT2D eigenvalue weighted by atomic mass is 127. The lowest BCUT2D eigenvalue weighted by Crippen LogP contribution is -2.48. The molecule has 0 bridgehead atoms. The van der Waals surface area contributed by atoms with Crippen molar-refractivity contribution in [2.24, 2.45) is 28.5 Å². The van der Waals surface area contributed by atoms with Crippen LogP contribution in [0.3, 0.4) is 0 Å². The summed E-state index contributed by atoms with van der Waals surface area (Å²) in [6, 6.07) is 8.69. The molecule has 6 nitrogen and oxygen atoms in total. The zero-order chi connectivity index (χ0) is 21.5. The van der Waals surface area contributed by atoms with Crippen LogP contribution in [0.5, 0.6) is 0 Å². The van der Waals surface area contributed by atoms with Gasteiger partial charge in [0.25, 0.3) is 0 Å². The number of nitrogens with one attached hydrogen (secondary N) is 1. The first-order chi connectivity index (χ1) is 14.4. The van der Waals surface area contributed by atoms with E-state index in [0.29, 0.717) is 18.4 Å². The van der Waals surface area contributed by atoms with Crippen LogP contribution in [0, 0.1) is 17.8 Å². The molecule has 3 unspecified atom stereocenters. The molecule has 0 radical (unpaired) electrons. The van der Waals surface area contributed by atoms with Gasteiger partial charge in [-0.1, -0.05) is 38.1 Å². The summed E-state index contributed by atoms with van der Waals surface area (Å²) in [5, 5.41) is 3.48. The maximum absolute atomic E-state index is 11.6. The van der Waals surface area contributed by atoms with Gasteiger partial charge in [0.15, 0.2) is 5.96 Å². The molecule has 1 aromatic carbocycles. The number of rotatable bonds is 6. The van der Waals surface area contributed by atoms with E-state index < -0.39 is 0 Å². The van der Waals surface area contributed by atoms with Crippen LogP contribution in [0.4, 0.5) is 0 Å². The number of carbonyl (C=O) groups excluding carboxylic acids is 1. The van der Waals surface area contributed by atoms with Crippen LogP contribution in [-0.2, 0) is 17.9 Å². The lowest BCUT2D eigenvalue weighted by molar-refractivity contribution is -0.123. The van der Waals surface area contributed by atoms with Gasteiger partial charge in [0, 0.05) is 32.7 Å². The van der Waals surface area contributed by atoms with Gasteiger partial charge in [-0.2, -0.15) is 0 Å². The van der Waals surface area contributed by atoms with Gasteiger partial charge in [0.05, 0.1) is 12.5 Å². The molecule has 0 aliphatic carbocycles. The lowest BCUT2D eigenvalue weighted by atomic mass is 9.92. The zero-order valence-corrected chi connectivity index (χ0v) is 21.7. The molecular formula is C24H40IN5O. The summed E-state index contributed by atoms with van der Waals surface area (Å²) in [5.41, 5.74) is 8.03. The molecule has 0 spiro atoms. The van der Waals surface area contributed by atoms with Gasteiger partial charge >= 0.3 is 0 Å². The first-order valence-corrected chi connectivity index (χ1v) is 11.6. The van der Waals surface area contributed by atoms with Crippen molar-refractivity contribution in [3.05, 3.63) is 35.4 Å². The van der Waals surface area contributed by atoms with Crippen molar-refractivity contribution < 1.29 is 4.79 Å². The average molecular weight is 542 g/mol. The minimum Gasteiger partial charge on any atom is -0.369 e. The van der Waals surface area contributed by atoms with Gasteiger partial charge < -0.3 is 16.0 Å². The molecule has 1 aromatic rings. The summed E-state index contributed by atoms with van der Waals surface area (Å²) >= 11 is 0. The number of guanidine groups is 1. The van der Waals surface area contributed by atoms with Crippen LogP contribution in [0.2, 0.25) is 0 Å². The van der Waals surface area contributed by atoms with E-state index in [1.54, 1.807) is 0 Å². The number of primary amides is 1. The normalized spacial score (nSPS) is 25.1. The number of nitrogens with zero attached hydrogens (tertiary/aromatic N) is 3. The number of carbonyl (C=O) groups is 1. The standard InChI is InChI=1S/C24H39N5O.HI/c1-4-26-24(29-14-18(2)11-19(3)15-29)27-13-20-7-5-8-21(12-20)16-28-10-6-9-22(17-28)23(25)30;/h5,7-8,12,18-19,22H,4,6,9-11,13-17H2,1-3H3,(H2,25,30)(H,26,27);1H. The molecule has 3 atom stereocenters. The third-order valence-corrected chi connectivity index (χ3v) is 6.22. The van der Waals surface area contributed by atoms with Gasteiger partial charge in [-0.25, -0.2) is 4.99 Å². The molecule has 2 saturated heterocycles. The Bertz CT molecular complexity index is 730. The highest BCUT2D eigenvalue weighted by Gasteiger charge is 2.25. The van der Waals surface area contributed by atoms with E-state index in [1.807, 2.05) is 0 Å². The number of nitrogens with two attached hydrogens (primary N) is 1. The van der Waals surface area contributed by atoms with Gasteiger partial charge in [0.1, 0.15) is 0 Å². The van der Waals surface area contributed by atoms with Crippen LogP contribution in [0.15, 0.2) is 29.3 Å². The smallest absolute Gasteiger partial charge is 0.221 e. The number of piperidine rings is 2. The largest absolute Gasteiger partial charge is 0.369 e. The van der Waals surface area contributed by atoms with Crippen LogP contribution in [-0.4, -0.2) is 54.4 Å². The maximum atomic E-state index is 11.6. The number of benzene rings is 1. The van der Waals surface area contributed by atoms with Gasteiger partial charge in [-0.05, 0) is 55.7 Å². The van der Waals surface area contributed by atoms with E-state index in [-0.39, 0.29) is 35.8 Å². The number of likely N-dealkylation sites (tertiary alicyclic amines) is 2. The van der Waals surface area contributed by atoms with Crippen molar-refractivity contribution in [3.8, 4) is 0 Å². The minimum atomic E-state index is -0.167. The fraction of sp³-hybridized carbons (Fsp3) is 0.667. The minimum absolute atomic E-state index is 0. The number of amides is 1. The quantitative estimate of drug-likeness (QED) is 0.329. The Morgan fingerprint density at radius 2 is 1.90 bits per heavy atom. The van der Waals surface area contributed by atoms with Crippen molar-refractivity contribution in [2.45, 2.75) is 53.1 Å². The molecule has 2 fully saturated rings. The second-order valence-corrected chi connectivity index (χ2v) is 9.32. The molecular weight excluding hydrogens is 501 g/mol. The van der Waals surface area contributed by atoms with Gasteiger partial charge in [0.2, 0.25) is 5.91 Å². The van der Waals surface area contributed by atoms with E-state index in [4.69, 9.17) is 10.7 Å². The Balaban J connectivity index is 0.00000341. The number of hydrogen-bond acceptors (Lipinski definition) is 3. The third-order valence-electron chi connectivity index (χ3n) is 6.22. The van der Waals surface area contributed by atoms with Crippen molar-refractivity contribution in [3.63, 3.8) is 0 Å². The molecule has 2 heterocycles. The van der Waals surface area contributed by atoms with Crippen LogP contribution >= 0.6 is 24.0 Å². The third kappa shape index (κ3) is 7.93. The summed E-state index contributed by atoms with van der Waals surface area (Å²) < 4.78 is 0. The zero-order valence-electron chi connectivity index (χ0n) is 19.3. The molecule has 174 valence electrons. The highest BCUT2D eigenvalue weighted by molar-refractivity contribution is 14.0. The second kappa shape index (κ2) is 12.6. The fourth-order valence-electron chi connectivity index (χ4n) is 4.94. The summed E-state index contributed by atoms with van der Waals surface area (Å²) in [6.45, 7) is 13.2. The van der Waals surface area contributed by atoms with Crippen LogP contribution in [0.1, 0.15) is 51.2 Å². The van der Waals surface area contributed by atoms with E-state index in [9.17, 15) is 4.79 Å². The summed E-state index contributed by atoms with van der Waals surface area (Å²) in [7, 11) is 0. The molecule has 3 rings (SSSR count). The first-order valence-electron chi connectivity index (χ1n) is 11.6. The Hall–Kier alpha value is -1.35. The van der Waals surface area contributed by atoms with E-state index in [1.165, 1.54) is 17.5 Å². The molecule has 7 heteroatoms. The van der Waals surface area contributed by atoms with E-state index >= 15 is 0 Å². The van der Waals surface area contributed by atoms with Gasteiger partial charge in [-0.15, -0.1) is 24.0 Å². The summed E-state index contributed by atoms with van der Waals surface area (Å²) in [5.74, 6) is 2.26. The van der Waals surface area contributed by atoms with E-state index in [0.717, 1.165) is 58.1 Å². The Morgan fingerprint density at radius 3 is 2.58 bits per heavy atom. The predicted molar refractivity (Wildman–Crippen MR) is 138 cm³/mol. The van der Waals surface area contributed by atoms with Gasteiger partial charge in [-0.3, -0.25) is 9.69 Å². The lowest BCUT2D eigenvalue weighted by Gasteiger charge is -2.37. The SMILES string of the molecule is CCNC(=NCc1cccc(CN2CCCC(C(N)=O)C2)c1)N1CC(C)CC(C)C1.I. The van der Waals surface area contributed by atoms with Crippen molar-refractivity contribution in [2.75, 3.05) is 32.7 Å². The van der Waals surface area contributed by atoms with E-state index in [2.05, 4.69) is 60.2 Å². The topological polar surface area (TPSA) is 74.0 Å². The molecule has 2 aliphatic heterocycles. The number of aliphatic imine (C=N–C) groups is 1. The van der Waals surface area contributed by atoms with Crippen LogP contribution < -0.4 is 11.1 Å². The maximum Gasteiger partial charge on any atom is 0.221 e. The molecule has 1 amide bonds. The van der Waals surface area contributed by atoms with Crippen molar-refractivity contribution in [1.29, 1.82) is 0 Å². The molecule has 3 N–H and O–H groups in total. The Kier molecular flexibility index (Phi) is 10.6. The molecule has 2 aliphatic rings. The molecule has 0 saturated carbocycles. The highest BCUT2D eigenvalue weighted by Crippen LogP contribution is 2.22. The van der Waals surface area contributed by atoms with Crippen molar-refractivity contribution in [1.82, 2.24) is 15.1 Å². The molecule has 0 aromatic heterocycles.